The first-order valence-corrected chi connectivity index (χ1v) is 44.7. The van der Waals surface area contributed by atoms with Gasteiger partial charge in [0.05, 0.1) is 45.1 Å². The van der Waals surface area contributed by atoms with Gasteiger partial charge in [-0.1, -0.05) is 306 Å². The number of esters is 4. The molecule has 1 heterocycles. The van der Waals surface area contributed by atoms with Crippen molar-refractivity contribution in [3.63, 3.8) is 0 Å². The van der Waals surface area contributed by atoms with Gasteiger partial charge in [0, 0.05) is 19.3 Å². The average Bonchev–Trinajstić information content (AvgIpc) is 0.781. The van der Waals surface area contributed by atoms with Crippen molar-refractivity contribution in [1.82, 2.24) is 15.5 Å². The van der Waals surface area contributed by atoms with Gasteiger partial charge < -0.3 is 64.0 Å². The van der Waals surface area contributed by atoms with Gasteiger partial charge in [-0.15, -0.1) is 0 Å². The van der Waals surface area contributed by atoms with Crippen LogP contribution in [0.5, 0.6) is 0 Å². The van der Waals surface area contributed by atoms with Crippen LogP contribution in [-0.4, -0.2) is 155 Å². The maximum Gasteiger partial charge on any atom is 0.470 e. The summed E-state index contributed by atoms with van der Waals surface area (Å²) in [7, 11) is -5.50. The van der Waals surface area contributed by atoms with Crippen LogP contribution in [0.1, 0.15) is 403 Å². The standard InChI is InChI=1S/C77H145N2O18P.C6H15N/c1-7-13-19-24-29-32-37-40-46-51-64(92-71(85)55-49-43-35-27-22-16-10-4)57-68(82)78-63(60-80)62-91-77-74(79-69(83)58-65(93-70(84)54-45-18-12-6)52-47-41-38-33-30-25-20-14-8-2)76(75(67(61-81)95-77)97-98(88,89)90)96-73(87)59-66(53-48-42-39-34-31-26-21-15-9-3)94-72(86)56-50-44-36-28-23-17-11-5;1-4-7(5-2)6-3/h63-67,74-77,80-81H,7-62H2,1-6H3,(H,78,82)(H,79,83)(H2,88,89,90);4-6H2,1-3H3/t63-,64-,65-,66-,67-,74-,75-,76-,77+;/m1./s1. The molecule has 2 amide bonds. The Morgan fingerprint density at radius 1 is 0.410 bits per heavy atom. The summed E-state index contributed by atoms with van der Waals surface area (Å²) in [6.07, 6.45) is 35.7. The van der Waals surface area contributed by atoms with Gasteiger partial charge in [0.25, 0.3) is 0 Å². The van der Waals surface area contributed by atoms with E-state index in [1.165, 1.54) is 77.4 Å². The maximum atomic E-state index is 14.7. The Kier molecular flexibility index (Phi) is 68.9. The maximum absolute atomic E-state index is 14.7. The first kappa shape index (κ1) is 102. The van der Waals surface area contributed by atoms with Gasteiger partial charge in [0.1, 0.15) is 36.6 Å². The molecule has 22 heteroatoms. The summed E-state index contributed by atoms with van der Waals surface area (Å²) in [6, 6.07) is -2.80. The van der Waals surface area contributed by atoms with Crippen LogP contribution in [0, 0.1) is 0 Å². The predicted octanol–water partition coefficient (Wildman–Crippen LogP) is 18.9. The number of rotatable bonds is 72. The monoisotopic (exact) mass is 1520 g/mol. The molecule has 620 valence electrons. The van der Waals surface area contributed by atoms with E-state index in [0.717, 1.165) is 193 Å². The molecular formula is C83H160N3O18P. The first-order chi connectivity index (χ1) is 50.8. The van der Waals surface area contributed by atoms with Crippen molar-refractivity contribution < 1.29 is 86.3 Å². The molecule has 0 aromatic rings. The van der Waals surface area contributed by atoms with Crippen LogP contribution in [0.2, 0.25) is 0 Å². The number of phosphoric ester groups is 1. The molecule has 6 N–H and O–H groups in total. The minimum atomic E-state index is -5.50. The van der Waals surface area contributed by atoms with Crippen LogP contribution in [0.25, 0.3) is 0 Å². The SMILES string of the molecule is CCCCCCCCCCC[C@H](CC(=O)N[C@H](CO)CO[C@H]1O[C@H](CO)[C@@H](OP(=O)(O)O)[C@H](OC(=O)C[C@@H](CCCCCCCCCCC)OC(=O)CCCCCCCCC)[C@H]1NC(=O)C[C@@H](CCCCCCCCCCC)OC(=O)CCCCC)OC(=O)CCCCCCCCC.CCN(CC)CC. The summed E-state index contributed by atoms with van der Waals surface area (Å²) >= 11 is 0. The molecule has 0 radical (unpaired) electrons. The summed E-state index contributed by atoms with van der Waals surface area (Å²) in [5.74, 6) is -3.55. The fourth-order valence-corrected chi connectivity index (χ4v) is 14.1. The highest BCUT2D eigenvalue weighted by Crippen LogP contribution is 2.42. The molecule has 9 atom stereocenters. The zero-order valence-corrected chi connectivity index (χ0v) is 69.2. The molecule has 21 nitrogen and oxygen atoms in total. The van der Waals surface area contributed by atoms with Crippen LogP contribution in [-0.2, 0) is 66.3 Å². The highest BCUT2D eigenvalue weighted by Gasteiger charge is 2.52. The molecular weight excluding hydrogens is 1360 g/mol. The van der Waals surface area contributed by atoms with E-state index in [2.05, 4.69) is 70.9 Å². The second kappa shape index (κ2) is 71.1. The lowest BCUT2D eigenvalue weighted by atomic mass is 9.95. The normalized spacial score (nSPS) is 17.1. The number of aliphatic hydroxyl groups is 2. The number of ether oxygens (including phenoxy) is 6. The van der Waals surface area contributed by atoms with Crippen molar-refractivity contribution in [3.8, 4) is 0 Å². The molecule has 1 aliphatic rings. The lowest BCUT2D eigenvalue weighted by Gasteiger charge is -2.45. The number of aliphatic hydroxyl groups excluding tert-OH is 2. The van der Waals surface area contributed by atoms with Gasteiger partial charge in [-0.05, 0) is 77.4 Å². The molecule has 0 aromatic heterocycles. The third-order valence-electron chi connectivity index (χ3n) is 20.0. The first-order valence-electron chi connectivity index (χ1n) is 43.1. The Morgan fingerprint density at radius 3 is 1.05 bits per heavy atom. The second-order valence-electron chi connectivity index (χ2n) is 29.7. The van der Waals surface area contributed by atoms with E-state index < -0.39 is 119 Å². The number of hydrogen-bond donors (Lipinski definition) is 6. The molecule has 0 saturated carbocycles. The number of phosphoric acid groups is 1. The van der Waals surface area contributed by atoms with Crippen LogP contribution in [0.4, 0.5) is 0 Å². The van der Waals surface area contributed by atoms with Gasteiger partial charge in [-0.2, -0.15) is 0 Å². The fraction of sp³-hybridized carbons (Fsp3) is 0.928. The predicted molar refractivity (Wildman–Crippen MR) is 421 cm³/mol. The van der Waals surface area contributed by atoms with E-state index in [9.17, 15) is 53.3 Å². The Morgan fingerprint density at radius 2 is 0.724 bits per heavy atom. The summed E-state index contributed by atoms with van der Waals surface area (Å²) in [5, 5.41) is 27.3. The Labute approximate surface area is 639 Å². The number of carbonyl (C=O) groups excluding carboxylic acids is 6. The molecule has 1 aliphatic heterocycles. The van der Waals surface area contributed by atoms with E-state index in [1.54, 1.807) is 0 Å². The molecule has 1 rings (SSSR count). The van der Waals surface area contributed by atoms with Crippen LogP contribution >= 0.6 is 7.82 Å². The average molecular weight is 1520 g/mol. The minimum Gasteiger partial charge on any atom is -0.462 e. The Hall–Kier alpha value is -3.27. The number of nitrogens with one attached hydrogen (secondary N) is 2. The second-order valence-corrected chi connectivity index (χ2v) is 30.9. The van der Waals surface area contributed by atoms with Gasteiger partial charge >= 0.3 is 31.7 Å². The molecule has 0 aromatic carbocycles. The smallest absolute Gasteiger partial charge is 0.462 e. The number of amides is 2. The largest absolute Gasteiger partial charge is 0.470 e. The van der Waals surface area contributed by atoms with Gasteiger partial charge in [-0.3, -0.25) is 33.3 Å². The van der Waals surface area contributed by atoms with Crippen molar-refractivity contribution in [2.24, 2.45) is 0 Å². The molecule has 1 saturated heterocycles. The number of hydrogen-bond acceptors (Lipinski definition) is 17. The summed E-state index contributed by atoms with van der Waals surface area (Å²) in [4.78, 5) is 107. The third kappa shape index (κ3) is 59.3. The minimum absolute atomic E-state index is 0.150. The van der Waals surface area contributed by atoms with Crippen molar-refractivity contribution >= 4 is 43.5 Å². The van der Waals surface area contributed by atoms with Crippen molar-refractivity contribution in [2.45, 2.75) is 458 Å². The van der Waals surface area contributed by atoms with E-state index in [-0.39, 0.29) is 38.1 Å². The Bertz CT molecular complexity index is 2120. The van der Waals surface area contributed by atoms with Crippen molar-refractivity contribution in [2.75, 3.05) is 39.5 Å². The van der Waals surface area contributed by atoms with Gasteiger partial charge in [-0.25, -0.2) is 4.57 Å². The van der Waals surface area contributed by atoms with Crippen LogP contribution < -0.4 is 10.6 Å². The quantitative estimate of drug-likeness (QED) is 0.0143. The highest BCUT2D eigenvalue weighted by molar-refractivity contribution is 7.46. The van der Waals surface area contributed by atoms with Crippen LogP contribution in [0.15, 0.2) is 0 Å². The number of carbonyl (C=O) groups is 6. The van der Waals surface area contributed by atoms with Crippen molar-refractivity contribution in [1.29, 1.82) is 0 Å². The van der Waals surface area contributed by atoms with Crippen molar-refractivity contribution in [3.05, 3.63) is 0 Å². The fourth-order valence-electron chi connectivity index (χ4n) is 13.5. The molecule has 0 aliphatic carbocycles. The number of nitrogens with zero attached hydrogens (tertiary/aromatic N) is 1. The van der Waals surface area contributed by atoms with Gasteiger partial charge in [0.15, 0.2) is 12.4 Å². The zero-order valence-electron chi connectivity index (χ0n) is 68.3. The lowest BCUT2D eigenvalue weighted by Crippen LogP contribution is -2.66. The van der Waals surface area contributed by atoms with E-state index >= 15 is 0 Å². The summed E-state index contributed by atoms with van der Waals surface area (Å²) < 4.78 is 55.0. The lowest BCUT2D eigenvalue weighted by molar-refractivity contribution is -0.272. The van der Waals surface area contributed by atoms with Crippen LogP contribution in [0.3, 0.4) is 0 Å². The molecule has 105 heavy (non-hydrogen) atoms. The van der Waals surface area contributed by atoms with Gasteiger partial charge in [0.2, 0.25) is 11.8 Å². The third-order valence-corrected chi connectivity index (χ3v) is 20.5. The van der Waals surface area contributed by atoms with E-state index in [0.29, 0.717) is 51.4 Å². The van der Waals surface area contributed by atoms with E-state index in [1.807, 2.05) is 6.92 Å². The zero-order chi connectivity index (χ0) is 77.8. The van der Waals surface area contributed by atoms with E-state index in [4.69, 9.17) is 32.9 Å². The summed E-state index contributed by atoms with van der Waals surface area (Å²) in [6.45, 7) is 20.9. The number of unbranched alkanes of at least 4 members (excludes halogenated alkanes) is 38. The molecule has 0 unspecified atom stereocenters. The summed E-state index contributed by atoms with van der Waals surface area (Å²) in [5.41, 5.74) is 0. The molecule has 0 spiro atoms. The highest BCUT2D eigenvalue weighted by atomic mass is 31.2. The Balaban J connectivity index is 0.0000146. The topological polar surface area (TPSA) is 292 Å². The molecule has 1 fully saturated rings. The molecule has 0 bridgehead atoms.